The number of aryl methyl sites for hydroxylation is 1. The highest BCUT2D eigenvalue weighted by Crippen LogP contribution is 2.28. The van der Waals surface area contributed by atoms with Crippen LogP contribution in [-0.4, -0.2) is 50.4 Å². The molecular formula is C19H19FN6O2. The summed E-state index contributed by atoms with van der Waals surface area (Å²) < 4.78 is 20.2. The fraction of sp³-hybridized carbons (Fsp3) is 0.263. The van der Waals surface area contributed by atoms with Gasteiger partial charge in [-0.3, -0.25) is 9.48 Å². The second-order valence-corrected chi connectivity index (χ2v) is 6.62. The van der Waals surface area contributed by atoms with Crippen molar-refractivity contribution in [1.29, 1.82) is 0 Å². The summed E-state index contributed by atoms with van der Waals surface area (Å²) in [6, 6.07) is 4.32. The SMILES string of the molecule is COC[C@H](C)NC(=O)c1c[nH]c2ncc(-c3nn(C)c4cc(F)ccc34)nc12. The Morgan fingerprint density at radius 2 is 2.25 bits per heavy atom. The molecule has 0 aliphatic rings. The number of nitrogens with one attached hydrogen (secondary N) is 2. The van der Waals surface area contributed by atoms with Crippen molar-refractivity contribution in [2.24, 2.45) is 7.05 Å². The maximum atomic E-state index is 13.6. The number of benzene rings is 1. The van der Waals surface area contributed by atoms with Crippen molar-refractivity contribution in [3.8, 4) is 11.4 Å². The fourth-order valence-corrected chi connectivity index (χ4v) is 3.19. The molecule has 1 atom stereocenters. The Morgan fingerprint density at radius 1 is 1.43 bits per heavy atom. The molecule has 8 nitrogen and oxygen atoms in total. The van der Waals surface area contributed by atoms with Crippen molar-refractivity contribution < 1.29 is 13.9 Å². The molecule has 3 aromatic heterocycles. The molecule has 2 N–H and O–H groups in total. The van der Waals surface area contributed by atoms with Crippen LogP contribution in [0.5, 0.6) is 0 Å². The third-order valence-corrected chi connectivity index (χ3v) is 4.48. The Hall–Kier alpha value is -3.33. The van der Waals surface area contributed by atoms with Crippen LogP contribution < -0.4 is 5.32 Å². The number of H-pyrrole nitrogens is 1. The Kier molecular flexibility index (Phi) is 4.52. The molecule has 28 heavy (non-hydrogen) atoms. The van der Waals surface area contributed by atoms with Gasteiger partial charge in [-0.15, -0.1) is 0 Å². The van der Waals surface area contributed by atoms with Crippen LogP contribution in [0.2, 0.25) is 0 Å². The normalized spacial score (nSPS) is 12.6. The lowest BCUT2D eigenvalue weighted by atomic mass is 10.1. The maximum Gasteiger partial charge on any atom is 0.255 e. The van der Waals surface area contributed by atoms with Gasteiger partial charge in [-0.25, -0.2) is 14.4 Å². The van der Waals surface area contributed by atoms with Crippen LogP contribution in [0.3, 0.4) is 0 Å². The van der Waals surface area contributed by atoms with Gasteiger partial charge in [0.1, 0.15) is 22.7 Å². The highest BCUT2D eigenvalue weighted by atomic mass is 19.1. The van der Waals surface area contributed by atoms with Crippen LogP contribution in [-0.2, 0) is 11.8 Å². The molecule has 4 rings (SSSR count). The Labute approximate surface area is 159 Å². The van der Waals surface area contributed by atoms with Gasteiger partial charge in [-0.05, 0) is 25.1 Å². The third kappa shape index (κ3) is 3.09. The molecule has 9 heteroatoms. The molecule has 0 unspecified atom stereocenters. The standard InChI is InChI=1S/C19H19FN6O2/c1-10(9-28-3)23-19(27)13-7-21-18-17(13)24-14(8-22-18)16-12-5-4-11(20)6-15(12)26(2)25-16/h4-8,10H,9H2,1-3H3,(H,21,22)(H,23,27)/t10-/m0/s1. The summed E-state index contributed by atoms with van der Waals surface area (Å²) in [6.45, 7) is 2.26. The topological polar surface area (TPSA) is 97.7 Å². The van der Waals surface area contributed by atoms with Crippen molar-refractivity contribution in [1.82, 2.24) is 30.0 Å². The van der Waals surface area contributed by atoms with E-state index in [0.717, 1.165) is 5.39 Å². The maximum absolute atomic E-state index is 13.6. The number of carbonyl (C=O) groups excluding carboxylic acids is 1. The zero-order valence-electron chi connectivity index (χ0n) is 15.7. The highest BCUT2D eigenvalue weighted by Gasteiger charge is 2.19. The zero-order chi connectivity index (χ0) is 19.8. The van der Waals surface area contributed by atoms with E-state index in [1.165, 1.54) is 12.1 Å². The van der Waals surface area contributed by atoms with E-state index < -0.39 is 0 Å². The number of methoxy groups -OCH3 is 1. The second kappa shape index (κ2) is 7.01. The highest BCUT2D eigenvalue weighted by molar-refractivity contribution is 6.05. The number of rotatable bonds is 5. The van der Waals surface area contributed by atoms with Gasteiger partial charge in [0, 0.05) is 31.8 Å². The number of aromatic nitrogens is 5. The van der Waals surface area contributed by atoms with Crippen LogP contribution in [0.25, 0.3) is 33.5 Å². The third-order valence-electron chi connectivity index (χ3n) is 4.48. The first-order valence-corrected chi connectivity index (χ1v) is 8.74. The number of ether oxygens (including phenoxy) is 1. The number of fused-ring (bicyclic) bond motifs is 2. The minimum Gasteiger partial charge on any atom is -0.383 e. The smallest absolute Gasteiger partial charge is 0.255 e. The van der Waals surface area contributed by atoms with Crippen LogP contribution in [0.4, 0.5) is 4.39 Å². The number of amides is 1. The first-order chi connectivity index (χ1) is 13.5. The van der Waals surface area contributed by atoms with E-state index in [1.54, 1.807) is 37.3 Å². The first kappa shape index (κ1) is 18.1. The number of aromatic amines is 1. The molecule has 0 saturated heterocycles. The number of hydrogen-bond acceptors (Lipinski definition) is 5. The quantitative estimate of drug-likeness (QED) is 0.552. The summed E-state index contributed by atoms with van der Waals surface area (Å²) in [5.41, 5.74) is 3.06. The average molecular weight is 382 g/mol. The van der Waals surface area contributed by atoms with Gasteiger partial charge in [0.05, 0.1) is 23.9 Å². The van der Waals surface area contributed by atoms with Crippen molar-refractivity contribution in [2.75, 3.05) is 13.7 Å². The van der Waals surface area contributed by atoms with Crippen molar-refractivity contribution in [2.45, 2.75) is 13.0 Å². The molecule has 144 valence electrons. The number of nitrogens with zero attached hydrogens (tertiary/aromatic N) is 4. The largest absolute Gasteiger partial charge is 0.383 e. The van der Waals surface area contributed by atoms with Gasteiger partial charge >= 0.3 is 0 Å². The monoisotopic (exact) mass is 382 g/mol. The van der Waals surface area contributed by atoms with Crippen LogP contribution in [0.15, 0.2) is 30.6 Å². The van der Waals surface area contributed by atoms with Gasteiger partial charge < -0.3 is 15.0 Å². The molecule has 0 fully saturated rings. The lowest BCUT2D eigenvalue weighted by Gasteiger charge is -2.11. The van der Waals surface area contributed by atoms with E-state index in [0.29, 0.717) is 40.2 Å². The van der Waals surface area contributed by atoms with Crippen LogP contribution >= 0.6 is 0 Å². The van der Waals surface area contributed by atoms with E-state index in [2.05, 4.69) is 25.4 Å². The summed E-state index contributed by atoms with van der Waals surface area (Å²) in [5, 5.41) is 8.08. The average Bonchev–Trinajstić information content (AvgIpc) is 3.22. The molecule has 0 bridgehead atoms. The molecule has 0 saturated carbocycles. The van der Waals surface area contributed by atoms with Crippen LogP contribution in [0, 0.1) is 5.82 Å². The lowest BCUT2D eigenvalue weighted by molar-refractivity contribution is 0.0907. The van der Waals surface area contributed by atoms with Gasteiger partial charge in [-0.2, -0.15) is 5.10 Å². The van der Waals surface area contributed by atoms with E-state index in [1.807, 2.05) is 6.92 Å². The Morgan fingerprint density at radius 3 is 3.04 bits per heavy atom. The van der Waals surface area contributed by atoms with Crippen LogP contribution in [0.1, 0.15) is 17.3 Å². The molecule has 0 spiro atoms. The zero-order valence-corrected chi connectivity index (χ0v) is 15.7. The predicted molar refractivity (Wildman–Crippen MR) is 102 cm³/mol. The van der Waals surface area contributed by atoms with Crippen molar-refractivity contribution in [3.63, 3.8) is 0 Å². The van der Waals surface area contributed by atoms with Gasteiger partial charge in [0.15, 0.2) is 5.65 Å². The second-order valence-electron chi connectivity index (χ2n) is 6.62. The van der Waals surface area contributed by atoms with E-state index >= 15 is 0 Å². The number of halogens is 1. The minimum absolute atomic E-state index is 0.145. The summed E-state index contributed by atoms with van der Waals surface area (Å²) in [6.07, 6.45) is 3.16. The molecule has 0 aliphatic carbocycles. The van der Waals surface area contributed by atoms with Gasteiger partial charge in [-0.1, -0.05) is 0 Å². The van der Waals surface area contributed by atoms with Crippen molar-refractivity contribution in [3.05, 3.63) is 42.0 Å². The molecule has 1 amide bonds. The summed E-state index contributed by atoms with van der Waals surface area (Å²) in [4.78, 5) is 24.5. The first-order valence-electron chi connectivity index (χ1n) is 8.74. The fourth-order valence-electron chi connectivity index (χ4n) is 3.19. The Balaban J connectivity index is 1.77. The minimum atomic E-state index is -0.335. The number of carbonyl (C=O) groups is 1. The summed E-state index contributed by atoms with van der Waals surface area (Å²) >= 11 is 0. The Bertz CT molecular complexity index is 1180. The summed E-state index contributed by atoms with van der Waals surface area (Å²) in [5.74, 6) is -0.603. The lowest BCUT2D eigenvalue weighted by Crippen LogP contribution is -2.35. The van der Waals surface area contributed by atoms with Gasteiger partial charge in [0.25, 0.3) is 5.91 Å². The molecule has 4 aromatic rings. The number of hydrogen-bond donors (Lipinski definition) is 2. The molecule has 0 aliphatic heterocycles. The molecule has 0 radical (unpaired) electrons. The predicted octanol–water partition coefficient (Wildman–Crippen LogP) is 2.42. The van der Waals surface area contributed by atoms with E-state index in [-0.39, 0.29) is 17.8 Å². The molecule has 1 aromatic carbocycles. The van der Waals surface area contributed by atoms with E-state index in [9.17, 15) is 9.18 Å². The van der Waals surface area contributed by atoms with E-state index in [4.69, 9.17) is 4.74 Å². The van der Waals surface area contributed by atoms with Gasteiger partial charge in [0.2, 0.25) is 0 Å². The van der Waals surface area contributed by atoms with Crippen molar-refractivity contribution >= 4 is 28.0 Å². The molecule has 3 heterocycles. The molecular weight excluding hydrogens is 363 g/mol. The summed E-state index contributed by atoms with van der Waals surface area (Å²) in [7, 11) is 3.32.